The molecule has 1 aliphatic rings. The maximum atomic E-state index is 12.2. The predicted octanol–water partition coefficient (Wildman–Crippen LogP) is 3.46. The summed E-state index contributed by atoms with van der Waals surface area (Å²) < 4.78 is 3.64. The predicted molar refractivity (Wildman–Crippen MR) is 105 cm³/mol. The molecule has 0 amide bonds. The molecule has 0 saturated carbocycles. The fourth-order valence-electron chi connectivity index (χ4n) is 3.64. The summed E-state index contributed by atoms with van der Waals surface area (Å²) in [4.78, 5) is 14.5. The normalized spacial score (nSPS) is 15.4. The lowest BCUT2D eigenvalue weighted by Gasteiger charge is -2.21. The van der Waals surface area contributed by atoms with Crippen LogP contribution in [0.25, 0.3) is 11.1 Å². The first kappa shape index (κ1) is 16.6. The topological polar surface area (TPSA) is 43.1 Å². The molecular weight excluding hydrogens is 324 g/mol. The molecule has 1 aromatic carbocycles. The van der Waals surface area contributed by atoms with E-state index in [1.54, 1.807) is 17.7 Å². The summed E-state index contributed by atoms with van der Waals surface area (Å²) in [7, 11) is 1.80. The van der Waals surface area contributed by atoms with Crippen molar-refractivity contribution < 1.29 is 0 Å². The first-order valence-electron chi connectivity index (χ1n) is 9.18. The van der Waals surface area contributed by atoms with Gasteiger partial charge in [0.2, 0.25) is 0 Å². The number of benzene rings is 1. The third kappa shape index (κ3) is 3.05. The fourth-order valence-corrected chi connectivity index (χ4v) is 3.64. The van der Waals surface area contributed by atoms with Crippen molar-refractivity contribution in [2.45, 2.75) is 25.8 Å². The first-order chi connectivity index (χ1) is 12.6. The van der Waals surface area contributed by atoms with Crippen molar-refractivity contribution in [3.8, 4) is 11.1 Å². The van der Waals surface area contributed by atoms with Crippen LogP contribution in [0.15, 0.2) is 59.8 Å². The zero-order chi connectivity index (χ0) is 18.1. The highest BCUT2D eigenvalue weighted by atomic mass is 16.1. The average Bonchev–Trinajstić information content (AvgIpc) is 3.35. The van der Waals surface area contributed by atoms with Gasteiger partial charge in [-0.05, 0) is 25.3 Å². The Labute approximate surface area is 153 Å². The molecule has 0 aliphatic carbocycles. The lowest BCUT2D eigenvalue weighted by Crippen LogP contribution is -2.23. The lowest BCUT2D eigenvalue weighted by molar-refractivity contribution is 0.565. The Morgan fingerprint density at radius 2 is 1.81 bits per heavy atom. The van der Waals surface area contributed by atoms with Crippen LogP contribution in [0.1, 0.15) is 31.4 Å². The van der Waals surface area contributed by atoms with Gasteiger partial charge < -0.3 is 9.47 Å². The Balaban J connectivity index is 1.73. The summed E-state index contributed by atoms with van der Waals surface area (Å²) in [6, 6.07) is 12.3. The van der Waals surface area contributed by atoms with E-state index in [1.165, 1.54) is 18.4 Å². The van der Waals surface area contributed by atoms with E-state index in [2.05, 4.69) is 47.4 Å². The van der Waals surface area contributed by atoms with E-state index < -0.39 is 0 Å². The van der Waals surface area contributed by atoms with Crippen molar-refractivity contribution in [2.24, 2.45) is 7.05 Å². The number of aryl methyl sites for hydroxylation is 1. The molecule has 1 atom stereocenters. The van der Waals surface area contributed by atoms with Gasteiger partial charge in [-0.15, -0.1) is 0 Å². The van der Waals surface area contributed by atoms with Gasteiger partial charge >= 0.3 is 0 Å². The maximum Gasteiger partial charge on any atom is 0.252 e. The van der Waals surface area contributed by atoms with Crippen LogP contribution in [0.3, 0.4) is 0 Å². The molecule has 1 saturated heterocycles. The highest BCUT2D eigenvalue weighted by molar-refractivity contribution is 5.77. The summed E-state index contributed by atoms with van der Waals surface area (Å²) in [6.07, 6.45) is 8.28. The summed E-state index contributed by atoms with van der Waals surface area (Å²) in [5.74, 6) is 0. The molecule has 1 unspecified atom stereocenters. The number of rotatable bonds is 4. The Bertz CT molecular complexity index is 952. The van der Waals surface area contributed by atoms with Crippen LogP contribution in [-0.4, -0.2) is 27.4 Å². The Morgan fingerprint density at radius 1 is 1.08 bits per heavy atom. The molecule has 0 spiro atoms. The largest absolute Gasteiger partial charge is 0.371 e. The van der Waals surface area contributed by atoms with Crippen molar-refractivity contribution in [2.75, 3.05) is 18.0 Å². The van der Waals surface area contributed by atoms with Gasteiger partial charge in [0, 0.05) is 49.7 Å². The molecule has 3 aromatic rings. The van der Waals surface area contributed by atoms with Crippen molar-refractivity contribution >= 4 is 5.69 Å². The van der Waals surface area contributed by atoms with Crippen molar-refractivity contribution in [3.05, 3.63) is 70.9 Å². The van der Waals surface area contributed by atoms with Crippen LogP contribution in [0.4, 0.5) is 5.69 Å². The zero-order valence-electron chi connectivity index (χ0n) is 15.3. The summed E-state index contributed by atoms with van der Waals surface area (Å²) in [5.41, 5.74) is 4.39. The van der Waals surface area contributed by atoms with Gasteiger partial charge in [0.15, 0.2) is 0 Å². The van der Waals surface area contributed by atoms with E-state index in [-0.39, 0.29) is 11.6 Å². The molecule has 0 radical (unpaired) electrons. The zero-order valence-corrected chi connectivity index (χ0v) is 15.3. The van der Waals surface area contributed by atoms with Crippen LogP contribution in [-0.2, 0) is 7.05 Å². The van der Waals surface area contributed by atoms with Crippen LogP contribution in [0.2, 0.25) is 0 Å². The molecule has 26 heavy (non-hydrogen) atoms. The van der Waals surface area contributed by atoms with Crippen molar-refractivity contribution in [1.29, 1.82) is 0 Å². The van der Waals surface area contributed by atoms with Gasteiger partial charge in [0.05, 0.1) is 17.9 Å². The number of pyridine rings is 1. The molecule has 1 fully saturated rings. The quantitative estimate of drug-likeness (QED) is 0.725. The van der Waals surface area contributed by atoms with Gasteiger partial charge in [0.25, 0.3) is 5.56 Å². The SMILES string of the molecule is CC(c1ccccc1)n1cc(-c2cn(C)c(=O)cc2N2CCCC2)cn1. The molecule has 5 nitrogen and oxygen atoms in total. The van der Waals surface area contributed by atoms with E-state index >= 15 is 0 Å². The fraction of sp³-hybridized carbons (Fsp3) is 0.333. The first-order valence-corrected chi connectivity index (χ1v) is 9.18. The summed E-state index contributed by atoms with van der Waals surface area (Å²) in [5, 5.41) is 4.60. The third-order valence-electron chi connectivity index (χ3n) is 5.24. The van der Waals surface area contributed by atoms with E-state index in [1.807, 2.05) is 23.1 Å². The second-order valence-electron chi connectivity index (χ2n) is 7.01. The number of nitrogens with zero attached hydrogens (tertiary/aromatic N) is 4. The number of anilines is 1. The lowest BCUT2D eigenvalue weighted by atomic mass is 10.1. The van der Waals surface area contributed by atoms with Crippen LogP contribution >= 0.6 is 0 Å². The maximum absolute atomic E-state index is 12.2. The minimum atomic E-state index is 0.0284. The van der Waals surface area contributed by atoms with Crippen LogP contribution in [0.5, 0.6) is 0 Å². The van der Waals surface area contributed by atoms with E-state index in [4.69, 9.17) is 0 Å². The molecular formula is C21H24N4O. The minimum Gasteiger partial charge on any atom is -0.371 e. The Morgan fingerprint density at radius 3 is 2.54 bits per heavy atom. The van der Waals surface area contributed by atoms with Gasteiger partial charge in [-0.1, -0.05) is 30.3 Å². The highest BCUT2D eigenvalue weighted by Crippen LogP contribution is 2.32. The third-order valence-corrected chi connectivity index (χ3v) is 5.24. The molecule has 0 bridgehead atoms. The summed E-state index contributed by atoms with van der Waals surface area (Å²) in [6.45, 7) is 4.16. The molecule has 5 heteroatoms. The minimum absolute atomic E-state index is 0.0284. The molecule has 1 aliphatic heterocycles. The Kier molecular flexibility index (Phi) is 4.37. The van der Waals surface area contributed by atoms with Gasteiger partial charge in [-0.3, -0.25) is 9.48 Å². The van der Waals surface area contributed by atoms with E-state index in [0.29, 0.717) is 0 Å². The van der Waals surface area contributed by atoms with Gasteiger partial charge in [-0.25, -0.2) is 0 Å². The monoisotopic (exact) mass is 348 g/mol. The van der Waals surface area contributed by atoms with Gasteiger partial charge in [0.1, 0.15) is 0 Å². The second-order valence-corrected chi connectivity index (χ2v) is 7.01. The molecule has 3 heterocycles. The van der Waals surface area contributed by atoms with E-state index in [0.717, 1.165) is 29.9 Å². The highest BCUT2D eigenvalue weighted by Gasteiger charge is 2.19. The standard InChI is InChI=1S/C21H24N4O/c1-16(17-8-4-3-5-9-17)25-14-18(13-22-25)19-15-23(2)21(26)12-20(19)24-10-6-7-11-24/h3-5,8-9,12-16H,6-7,10-11H2,1-2H3. The van der Waals surface area contributed by atoms with E-state index in [9.17, 15) is 4.79 Å². The molecule has 0 N–H and O–H groups in total. The molecule has 134 valence electrons. The second kappa shape index (κ2) is 6.83. The van der Waals surface area contributed by atoms with Crippen LogP contribution < -0.4 is 10.5 Å². The smallest absolute Gasteiger partial charge is 0.252 e. The van der Waals surface area contributed by atoms with Crippen LogP contribution in [0, 0.1) is 0 Å². The number of aromatic nitrogens is 3. The average molecular weight is 348 g/mol. The van der Waals surface area contributed by atoms with Crippen molar-refractivity contribution in [3.63, 3.8) is 0 Å². The van der Waals surface area contributed by atoms with Crippen molar-refractivity contribution in [1.82, 2.24) is 14.3 Å². The molecule has 4 rings (SSSR count). The molecule has 2 aromatic heterocycles. The summed E-state index contributed by atoms with van der Waals surface area (Å²) >= 11 is 0. The van der Waals surface area contributed by atoms with Gasteiger partial charge in [-0.2, -0.15) is 5.10 Å². The number of hydrogen-bond acceptors (Lipinski definition) is 3. The number of hydrogen-bond donors (Lipinski definition) is 0. The Hall–Kier alpha value is -2.82.